The van der Waals surface area contributed by atoms with Crippen LogP contribution in [0.25, 0.3) is 6.08 Å². The number of esters is 1. The van der Waals surface area contributed by atoms with Crippen LogP contribution >= 0.6 is 11.3 Å². The Morgan fingerprint density at radius 1 is 1.13 bits per heavy atom. The number of halogens is 1. The lowest BCUT2D eigenvalue weighted by Crippen LogP contribution is -2.30. The summed E-state index contributed by atoms with van der Waals surface area (Å²) in [5.41, 5.74) is 1.31. The molecule has 1 aromatic heterocycles. The fourth-order valence-electron chi connectivity index (χ4n) is 2.81. The number of carbonyl (C=O) groups excluding carboxylic acids is 3. The van der Waals surface area contributed by atoms with Gasteiger partial charge in [0.25, 0.3) is 5.91 Å². The Morgan fingerprint density at radius 2 is 1.77 bits per heavy atom. The molecule has 1 N–H and O–H groups in total. The number of carbonyl (C=O) groups is 3. The molecule has 8 heteroatoms. The highest BCUT2D eigenvalue weighted by molar-refractivity contribution is 7.18. The second-order valence-electron chi connectivity index (χ2n) is 6.33. The standard InChI is InChI=1S/C22H25FN2O4S/c1-5-25(6-2)21(27)19-14(4)18(22(28)29-7-3)20(30-19)24-17(26)13-10-15-8-11-16(23)12-9-15/h8-13H,5-7H2,1-4H3,(H,24,26). The van der Waals surface area contributed by atoms with Gasteiger partial charge in [-0.3, -0.25) is 9.59 Å². The summed E-state index contributed by atoms with van der Waals surface area (Å²) in [5.74, 6) is -1.64. The van der Waals surface area contributed by atoms with Crippen molar-refractivity contribution in [1.82, 2.24) is 4.90 Å². The van der Waals surface area contributed by atoms with Crippen molar-refractivity contribution in [3.8, 4) is 0 Å². The minimum Gasteiger partial charge on any atom is -0.462 e. The Kier molecular flexibility index (Phi) is 8.29. The molecule has 0 fully saturated rings. The maximum Gasteiger partial charge on any atom is 0.341 e. The first-order valence-corrected chi connectivity index (χ1v) is 10.5. The van der Waals surface area contributed by atoms with Crippen LogP contribution < -0.4 is 5.32 Å². The normalized spacial score (nSPS) is 10.8. The van der Waals surface area contributed by atoms with E-state index >= 15 is 0 Å². The summed E-state index contributed by atoms with van der Waals surface area (Å²) in [6.07, 6.45) is 2.81. The number of nitrogens with zero attached hydrogens (tertiary/aromatic N) is 1. The average Bonchev–Trinajstić information content (AvgIpc) is 3.04. The molecule has 6 nitrogen and oxygen atoms in total. The molecule has 0 atom stereocenters. The molecular weight excluding hydrogens is 407 g/mol. The smallest absolute Gasteiger partial charge is 0.341 e. The quantitative estimate of drug-likeness (QED) is 0.492. The molecule has 0 unspecified atom stereocenters. The van der Waals surface area contributed by atoms with Crippen molar-refractivity contribution in [2.45, 2.75) is 27.7 Å². The molecule has 160 valence electrons. The van der Waals surface area contributed by atoms with E-state index in [1.54, 1.807) is 30.9 Å². The first-order chi connectivity index (χ1) is 14.3. The summed E-state index contributed by atoms with van der Waals surface area (Å²) in [5, 5.41) is 2.93. The zero-order valence-corrected chi connectivity index (χ0v) is 18.3. The summed E-state index contributed by atoms with van der Waals surface area (Å²) in [7, 11) is 0. The molecule has 30 heavy (non-hydrogen) atoms. The lowest BCUT2D eigenvalue weighted by atomic mass is 10.1. The van der Waals surface area contributed by atoms with Gasteiger partial charge in [-0.05, 0) is 57.0 Å². The number of benzene rings is 1. The molecule has 2 aromatic rings. The summed E-state index contributed by atoms with van der Waals surface area (Å²) in [6.45, 7) is 8.34. The van der Waals surface area contributed by atoms with Crippen LogP contribution in [0.2, 0.25) is 0 Å². The first kappa shape index (κ1) is 23.3. The van der Waals surface area contributed by atoms with Gasteiger partial charge in [-0.15, -0.1) is 11.3 Å². The van der Waals surface area contributed by atoms with Gasteiger partial charge >= 0.3 is 5.97 Å². The molecule has 2 amide bonds. The van der Waals surface area contributed by atoms with Gasteiger partial charge in [-0.2, -0.15) is 0 Å². The van der Waals surface area contributed by atoms with Crippen molar-refractivity contribution in [3.63, 3.8) is 0 Å². The lowest BCUT2D eigenvalue weighted by molar-refractivity contribution is -0.111. The topological polar surface area (TPSA) is 75.7 Å². The maximum absolute atomic E-state index is 13.0. The summed E-state index contributed by atoms with van der Waals surface area (Å²) < 4.78 is 18.1. The number of amides is 2. The van der Waals surface area contributed by atoms with Crippen LogP contribution in [0.1, 0.15) is 51.9 Å². The summed E-state index contributed by atoms with van der Waals surface area (Å²) in [6, 6.07) is 5.67. The maximum atomic E-state index is 13.0. The highest BCUT2D eigenvalue weighted by atomic mass is 32.1. The van der Waals surface area contributed by atoms with Gasteiger partial charge in [-0.1, -0.05) is 12.1 Å². The highest BCUT2D eigenvalue weighted by Gasteiger charge is 2.27. The molecule has 0 aliphatic carbocycles. The van der Waals surface area contributed by atoms with E-state index in [9.17, 15) is 18.8 Å². The van der Waals surface area contributed by atoms with E-state index in [0.717, 1.165) is 11.3 Å². The van der Waals surface area contributed by atoms with Crippen LogP contribution in [0.5, 0.6) is 0 Å². The second kappa shape index (κ2) is 10.7. The number of hydrogen-bond acceptors (Lipinski definition) is 5. The monoisotopic (exact) mass is 432 g/mol. The van der Waals surface area contributed by atoms with Crippen molar-refractivity contribution in [2.75, 3.05) is 25.0 Å². The Hall–Kier alpha value is -3.00. The van der Waals surface area contributed by atoms with E-state index in [-0.39, 0.29) is 28.9 Å². The van der Waals surface area contributed by atoms with E-state index in [2.05, 4.69) is 5.32 Å². The predicted octanol–water partition coefficient (Wildman–Crippen LogP) is 4.51. The number of nitrogens with one attached hydrogen (secondary N) is 1. The zero-order chi connectivity index (χ0) is 22.3. The molecule has 0 saturated heterocycles. The van der Waals surface area contributed by atoms with E-state index in [1.807, 2.05) is 13.8 Å². The minimum atomic E-state index is -0.595. The Bertz CT molecular complexity index is 947. The number of thiophene rings is 1. The van der Waals surface area contributed by atoms with Gasteiger partial charge in [0.05, 0.1) is 17.0 Å². The van der Waals surface area contributed by atoms with Crippen molar-refractivity contribution in [1.29, 1.82) is 0 Å². The third-order valence-electron chi connectivity index (χ3n) is 4.41. The largest absolute Gasteiger partial charge is 0.462 e. The van der Waals surface area contributed by atoms with Crippen molar-refractivity contribution >= 4 is 40.2 Å². The van der Waals surface area contributed by atoms with Crippen LogP contribution in [-0.2, 0) is 9.53 Å². The first-order valence-electron chi connectivity index (χ1n) is 9.66. The van der Waals surface area contributed by atoms with Gasteiger partial charge < -0.3 is 15.0 Å². The van der Waals surface area contributed by atoms with E-state index in [0.29, 0.717) is 29.1 Å². The summed E-state index contributed by atoms with van der Waals surface area (Å²) >= 11 is 1.05. The number of hydrogen-bond donors (Lipinski definition) is 1. The van der Waals surface area contributed by atoms with Gasteiger partial charge in [0.2, 0.25) is 5.91 Å². The van der Waals surface area contributed by atoms with Gasteiger partial charge in [0.15, 0.2) is 0 Å². The molecule has 0 aliphatic rings. The third-order valence-corrected chi connectivity index (χ3v) is 5.60. The van der Waals surface area contributed by atoms with Crippen molar-refractivity contribution in [3.05, 3.63) is 57.7 Å². The van der Waals surface area contributed by atoms with Crippen molar-refractivity contribution in [2.24, 2.45) is 0 Å². The Labute approximate surface area is 179 Å². The Balaban J connectivity index is 2.33. The molecule has 1 heterocycles. The number of rotatable bonds is 8. The zero-order valence-electron chi connectivity index (χ0n) is 17.5. The van der Waals surface area contributed by atoms with Crippen LogP contribution in [0.15, 0.2) is 30.3 Å². The molecule has 1 aromatic carbocycles. The van der Waals surface area contributed by atoms with Crippen LogP contribution in [0.3, 0.4) is 0 Å². The molecule has 2 rings (SSSR count). The van der Waals surface area contributed by atoms with E-state index < -0.39 is 11.9 Å². The molecule has 0 spiro atoms. The summed E-state index contributed by atoms with van der Waals surface area (Å²) in [4.78, 5) is 39.7. The van der Waals surface area contributed by atoms with E-state index in [1.165, 1.54) is 24.3 Å². The second-order valence-corrected chi connectivity index (χ2v) is 7.35. The van der Waals surface area contributed by atoms with Gasteiger partial charge in [0.1, 0.15) is 10.8 Å². The predicted molar refractivity (Wildman–Crippen MR) is 116 cm³/mol. The van der Waals surface area contributed by atoms with E-state index in [4.69, 9.17) is 4.74 Å². The lowest BCUT2D eigenvalue weighted by Gasteiger charge is -2.18. The SMILES string of the molecule is CCOC(=O)c1c(NC(=O)C=Cc2ccc(F)cc2)sc(C(=O)N(CC)CC)c1C. The van der Waals surface area contributed by atoms with Gasteiger partial charge in [-0.25, -0.2) is 9.18 Å². The molecule has 0 bridgehead atoms. The number of anilines is 1. The van der Waals surface area contributed by atoms with Crippen LogP contribution in [0.4, 0.5) is 9.39 Å². The molecule has 0 radical (unpaired) electrons. The molecular formula is C22H25FN2O4S. The average molecular weight is 433 g/mol. The van der Waals surface area contributed by atoms with Crippen molar-refractivity contribution < 1.29 is 23.5 Å². The number of ether oxygens (including phenoxy) is 1. The minimum absolute atomic E-state index is 0.172. The van der Waals surface area contributed by atoms with Crippen LogP contribution in [-0.4, -0.2) is 42.4 Å². The highest BCUT2D eigenvalue weighted by Crippen LogP contribution is 2.34. The Morgan fingerprint density at radius 3 is 2.33 bits per heavy atom. The van der Waals surface area contributed by atoms with Crippen LogP contribution in [0, 0.1) is 12.7 Å². The van der Waals surface area contributed by atoms with Gasteiger partial charge in [0, 0.05) is 19.2 Å². The molecule has 0 aliphatic heterocycles. The fourth-order valence-corrected chi connectivity index (χ4v) is 3.97. The third kappa shape index (κ3) is 5.54. The molecule has 0 saturated carbocycles. The fraction of sp³-hybridized carbons (Fsp3) is 0.318.